The number of likely N-dealkylation sites (tertiary alicyclic amines) is 1. The first-order valence-electron chi connectivity index (χ1n) is 8.33. The molecule has 3 heteroatoms. The Labute approximate surface area is 131 Å². The number of nitrogens with zero attached hydrogens (tertiary/aromatic N) is 1. The highest BCUT2D eigenvalue weighted by Crippen LogP contribution is 2.25. The fourth-order valence-electron chi connectivity index (χ4n) is 3.79. The molecular formula is C19H25NO2. The molecule has 1 aromatic carbocycles. The molecule has 1 aliphatic rings. The predicted molar refractivity (Wildman–Crippen MR) is 90.1 cm³/mol. The van der Waals surface area contributed by atoms with E-state index >= 15 is 0 Å². The van der Waals surface area contributed by atoms with Crippen molar-refractivity contribution in [2.45, 2.75) is 40.2 Å². The Bertz CT molecular complexity index is 709. The van der Waals surface area contributed by atoms with E-state index in [1.165, 1.54) is 12.0 Å². The number of fused-ring (bicyclic) bond motifs is 1. The second kappa shape index (κ2) is 6.25. The van der Waals surface area contributed by atoms with Crippen LogP contribution in [0.2, 0.25) is 0 Å². The van der Waals surface area contributed by atoms with Crippen molar-refractivity contribution < 1.29 is 4.42 Å². The summed E-state index contributed by atoms with van der Waals surface area (Å²) in [5.41, 5.74) is 2.78. The summed E-state index contributed by atoms with van der Waals surface area (Å²) in [6.45, 7) is 9.79. The van der Waals surface area contributed by atoms with Crippen molar-refractivity contribution in [3.63, 3.8) is 0 Å². The van der Waals surface area contributed by atoms with Gasteiger partial charge in [-0.05, 0) is 41.9 Å². The van der Waals surface area contributed by atoms with Crippen LogP contribution in [0.3, 0.4) is 0 Å². The van der Waals surface area contributed by atoms with E-state index in [-0.39, 0.29) is 5.63 Å². The van der Waals surface area contributed by atoms with Gasteiger partial charge >= 0.3 is 5.63 Å². The van der Waals surface area contributed by atoms with Crippen molar-refractivity contribution in [3.05, 3.63) is 45.8 Å². The molecule has 0 bridgehead atoms. The average Bonchev–Trinajstić information content (AvgIpc) is 2.45. The molecule has 1 aliphatic heterocycles. The summed E-state index contributed by atoms with van der Waals surface area (Å²) < 4.78 is 5.40. The van der Waals surface area contributed by atoms with E-state index in [0.717, 1.165) is 54.4 Å². The molecule has 0 unspecified atom stereocenters. The van der Waals surface area contributed by atoms with Crippen LogP contribution in [-0.2, 0) is 13.0 Å². The third-order valence-electron chi connectivity index (χ3n) is 4.64. The molecule has 3 nitrogen and oxygen atoms in total. The molecule has 2 heterocycles. The smallest absolute Gasteiger partial charge is 0.336 e. The third kappa shape index (κ3) is 3.25. The zero-order valence-corrected chi connectivity index (χ0v) is 13.8. The van der Waals surface area contributed by atoms with Crippen LogP contribution in [0.25, 0.3) is 11.0 Å². The van der Waals surface area contributed by atoms with Crippen LogP contribution in [0.4, 0.5) is 0 Å². The van der Waals surface area contributed by atoms with Gasteiger partial charge < -0.3 is 4.42 Å². The summed E-state index contributed by atoms with van der Waals surface area (Å²) >= 11 is 0. The van der Waals surface area contributed by atoms with Crippen molar-refractivity contribution in [2.24, 2.45) is 11.8 Å². The van der Waals surface area contributed by atoms with Crippen LogP contribution in [0.5, 0.6) is 0 Å². The summed E-state index contributed by atoms with van der Waals surface area (Å²) in [4.78, 5) is 14.4. The van der Waals surface area contributed by atoms with E-state index in [0.29, 0.717) is 0 Å². The van der Waals surface area contributed by atoms with Gasteiger partial charge in [0.1, 0.15) is 5.58 Å². The van der Waals surface area contributed by atoms with Crippen molar-refractivity contribution in [1.82, 2.24) is 4.90 Å². The molecule has 0 N–H and O–H groups in total. The van der Waals surface area contributed by atoms with Crippen LogP contribution in [-0.4, -0.2) is 18.0 Å². The first kappa shape index (κ1) is 15.3. The monoisotopic (exact) mass is 299 g/mol. The lowest BCUT2D eigenvalue weighted by Gasteiger charge is -2.35. The van der Waals surface area contributed by atoms with Gasteiger partial charge in [-0.25, -0.2) is 4.79 Å². The van der Waals surface area contributed by atoms with Crippen LogP contribution >= 0.6 is 0 Å². The van der Waals surface area contributed by atoms with Crippen LogP contribution in [0, 0.1) is 11.8 Å². The Balaban J connectivity index is 1.94. The maximum absolute atomic E-state index is 11.9. The topological polar surface area (TPSA) is 33.5 Å². The van der Waals surface area contributed by atoms with Gasteiger partial charge in [-0.3, -0.25) is 4.90 Å². The van der Waals surface area contributed by atoms with Gasteiger partial charge in [0.25, 0.3) is 0 Å². The number of benzene rings is 1. The van der Waals surface area contributed by atoms with Gasteiger partial charge in [0.2, 0.25) is 0 Å². The van der Waals surface area contributed by atoms with E-state index in [1.54, 1.807) is 6.07 Å². The maximum atomic E-state index is 11.9. The highest BCUT2D eigenvalue weighted by Gasteiger charge is 2.22. The van der Waals surface area contributed by atoms with E-state index in [1.807, 2.05) is 6.07 Å². The molecule has 1 saturated heterocycles. The number of rotatable bonds is 3. The highest BCUT2D eigenvalue weighted by molar-refractivity contribution is 5.80. The Hall–Kier alpha value is -1.61. The average molecular weight is 299 g/mol. The number of piperidine rings is 1. The first-order valence-corrected chi connectivity index (χ1v) is 8.33. The number of hydrogen-bond donors (Lipinski definition) is 0. The van der Waals surface area contributed by atoms with Crippen molar-refractivity contribution >= 4 is 11.0 Å². The molecule has 0 spiro atoms. The fraction of sp³-hybridized carbons (Fsp3) is 0.526. The van der Waals surface area contributed by atoms with Gasteiger partial charge in [-0.2, -0.15) is 0 Å². The lowest BCUT2D eigenvalue weighted by atomic mass is 9.91. The van der Waals surface area contributed by atoms with Gasteiger partial charge in [0.05, 0.1) is 0 Å². The summed E-state index contributed by atoms with van der Waals surface area (Å²) in [6, 6.07) is 7.90. The molecule has 0 saturated carbocycles. The molecule has 3 rings (SSSR count). The number of aryl methyl sites for hydroxylation is 1. The zero-order chi connectivity index (χ0) is 15.7. The highest BCUT2D eigenvalue weighted by atomic mass is 16.4. The normalized spacial score (nSPS) is 23.0. The number of hydrogen-bond acceptors (Lipinski definition) is 3. The minimum atomic E-state index is -0.242. The van der Waals surface area contributed by atoms with Crippen molar-refractivity contribution in [3.8, 4) is 0 Å². The summed E-state index contributed by atoms with van der Waals surface area (Å²) in [6.07, 6.45) is 2.25. The molecular weight excluding hydrogens is 274 g/mol. The van der Waals surface area contributed by atoms with Crippen LogP contribution < -0.4 is 5.63 Å². The zero-order valence-electron chi connectivity index (χ0n) is 13.8. The lowest BCUT2D eigenvalue weighted by molar-refractivity contribution is 0.134. The van der Waals surface area contributed by atoms with Gasteiger partial charge in [0, 0.05) is 31.1 Å². The summed E-state index contributed by atoms with van der Waals surface area (Å²) in [7, 11) is 0. The fourth-order valence-corrected chi connectivity index (χ4v) is 3.79. The van der Waals surface area contributed by atoms with E-state index in [2.05, 4.69) is 37.8 Å². The molecule has 0 aliphatic carbocycles. The van der Waals surface area contributed by atoms with E-state index in [9.17, 15) is 4.79 Å². The molecule has 0 radical (unpaired) electrons. The summed E-state index contributed by atoms with van der Waals surface area (Å²) in [5.74, 6) is 1.45. The van der Waals surface area contributed by atoms with Gasteiger partial charge in [-0.1, -0.05) is 32.9 Å². The third-order valence-corrected chi connectivity index (χ3v) is 4.64. The minimum absolute atomic E-state index is 0.242. The molecule has 1 aromatic heterocycles. The standard InChI is InChI=1S/C19H25NO2/c1-4-15-5-6-17-16(9-19(21)22-18(17)8-15)12-20-10-13(2)7-14(3)11-20/h5-6,8-9,13-14H,4,7,10-12H2,1-3H3/t13-,14-/m1/s1. The van der Waals surface area contributed by atoms with Gasteiger partial charge in [0.15, 0.2) is 0 Å². The quantitative estimate of drug-likeness (QED) is 0.808. The van der Waals surface area contributed by atoms with Crippen LogP contribution in [0.1, 0.15) is 38.3 Å². The molecule has 22 heavy (non-hydrogen) atoms. The Morgan fingerprint density at radius 2 is 1.91 bits per heavy atom. The lowest BCUT2D eigenvalue weighted by Crippen LogP contribution is -2.38. The molecule has 0 amide bonds. The van der Waals surface area contributed by atoms with E-state index in [4.69, 9.17) is 4.42 Å². The van der Waals surface area contributed by atoms with Crippen molar-refractivity contribution in [2.75, 3.05) is 13.1 Å². The van der Waals surface area contributed by atoms with Crippen LogP contribution in [0.15, 0.2) is 33.5 Å². The molecule has 2 atom stereocenters. The van der Waals surface area contributed by atoms with E-state index < -0.39 is 0 Å². The SMILES string of the molecule is CCc1ccc2c(CN3C[C@H](C)C[C@@H](C)C3)cc(=O)oc2c1. The Morgan fingerprint density at radius 3 is 2.59 bits per heavy atom. The maximum Gasteiger partial charge on any atom is 0.336 e. The first-order chi connectivity index (χ1) is 10.5. The molecule has 2 aromatic rings. The summed E-state index contributed by atoms with van der Waals surface area (Å²) in [5, 5.41) is 1.07. The molecule has 118 valence electrons. The minimum Gasteiger partial charge on any atom is -0.423 e. The predicted octanol–water partition coefficient (Wildman–Crippen LogP) is 3.83. The second-order valence-corrected chi connectivity index (χ2v) is 6.91. The Morgan fingerprint density at radius 1 is 1.18 bits per heavy atom. The molecule has 1 fully saturated rings. The Kier molecular flexibility index (Phi) is 4.34. The van der Waals surface area contributed by atoms with Gasteiger partial charge in [-0.15, -0.1) is 0 Å². The largest absolute Gasteiger partial charge is 0.423 e. The van der Waals surface area contributed by atoms with Crippen molar-refractivity contribution in [1.29, 1.82) is 0 Å². The second-order valence-electron chi connectivity index (χ2n) is 6.91.